The van der Waals surface area contributed by atoms with Gasteiger partial charge in [-0.3, -0.25) is 4.79 Å². The highest BCUT2D eigenvalue weighted by Gasteiger charge is 2.10. The van der Waals surface area contributed by atoms with Crippen LogP contribution in [0.25, 0.3) is 0 Å². The number of ether oxygens (including phenoxy) is 1. The molecular weight excluding hydrogens is 166 g/mol. The summed E-state index contributed by atoms with van der Waals surface area (Å²) in [5.74, 6) is 0.314. The zero-order valence-electron chi connectivity index (χ0n) is 7.36. The number of benzene rings is 1. The van der Waals surface area contributed by atoms with Gasteiger partial charge in [-0.1, -0.05) is 18.2 Å². The molecule has 1 aromatic rings. The molecule has 1 rings (SSSR count). The van der Waals surface area contributed by atoms with Crippen molar-refractivity contribution in [2.24, 2.45) is 0 Å². The molecule has 0 aromatic heterocycles. The number of hydrogen-bond donors (Lipinski definition) is 1. The van der Waals surface area contributed by atoms with Gasteiger partial charge in [0.2, 0.25) is 5.78 Å². The number of hydrogen-bond acceptors (Lipinski definition) is 3. The molecule has 0 aliphatic heterocycles. The first-order valence-electron chi connectivity index (χ1n) is 4.00. The van der Waals surface area contributed by atoms with Crippen LogP contribution in [0.1, 0.15) is 6.92 Å². The van der Waals surface area contributed by atoms with E-state index in [0.29, 0.717) is 5.75 Å². The predicted molar refractivity (Wildman–Crippen MR) is 50.3 cm³/mol. The van der Waals surface area contributed by atoms with E-state index in [4.69, 9.17) is 10.1 Å². The molecule has 1 aromatic carbocycles. The molecule has 3 heteroatoms. The van der Waals surface area contributed by atoms with Crippen molar-refractivity contribution in [1.29, 1.82) is 5.41 Å². The molecule has 0 aliphatic rings. The fourth-order valence-corrected chi connectivity index (χ4v) is 0.879. The Bertz CT molecular complexity index is 295. The number of Topliss-reactive ketones (excluding diaryl/α,β-unsaturated/α-hetero) is 1. The van der Waals surface area contributed by atoms with Crippen molar-refractivity contribution in [3.8, 4) is 5.75 Å². The van der Waals surface area contributed by atoms with E-state index in [2.05, 4.69) is 0 Å². The highest BCUT2D eigenvalue weighted by atomic mass is 16.5. The molecule has 13 heavy (non-hydrogen) atoms. The summed E-state index contributed by atoms with van der Waals surface area (Å²) in [6.07, 6.45) is 0.188. The summed E-state index contributed by atoms with van der Waals surface area (Å²) in [5.41, 5.74) is 0. The van der Waals surface area contributed by atoms with E-state index in [9.17, 15) is 4.79 Å². The van der Waals surface area contributed by atoms with Gasteiger partial charge in [-0.15, -0.1) is 0 Å². The second-order valence-electron chi connectivity index (χ2n) is 2.62. The van der Waals surface area contributed by atoms with Crippen molar-refractivity contribution < 1.29 is 9.53 Å². The van der Waals surface area contributed by atoms with Gasteiger partial charge in [-0.05, 0) is 19.1 Å². The van der Waals surface area contributed by atoms with Crippen molar-refractivity contribution in [2.75, 3.05) is 0 Å². The van der Waals surface area contributed by atoms with Gasteiger partial charge >= 0.3 is 0 Å². The standard InChI is InChI=1S/C10H11NO2/c1-8(10(12)7-11)13-9-5-3-2-4-6-9/h2-8,11H,1H3. The van der Waals surface area contributed by atoms with Gasteiger partial charge in [0.05, 0.1) is 6.21 Å². The molecule has 0 spiro atoms. The average Bonchev–Trinajstić information content (AvgIpc) is 2.18. The summed E-state index contributed by atoms with van der Waals surface area (Å²) in [6.45, 7) is 1.63. The molecule has 1 N–H and O–H groups in total. The van der Waals surface area contributed by atoms with E-state index in [0.717, 1.165) is 6.21 Å². The van der Waals surface area contributed by atoms with E-state index >= 15 is 0 Å². The normalized spacial score (nSPS) is 11.8. The van der Waals surface area contributed by atoms with Gasteiger partial charge < -0.3 is 10.1 Å². The highest BCUT2D eigenvalue weighted by Crippen LogP contribution is 2.10. The Morgan fingerprint density at radius 3 is 2.62 bits per heavy atom. The fraction of sp³-hybridized carbons (Fsp3) is 0.200. The zero-order chi connectivity index (χ0) is 9.68. The number of rotatable bonds is 4. The Balaban J connectivity index is 2.60. The van der Waals surface area contributed by atoms with Gasteiger partial charge in [-0.2, -0.15) is 0 Å². The van der Waals surface area contributed by atoms with Crippen molar-refractivity contribution in [3.63, 3.8) is 0 Å². The topological polar surface area (TPSA) is 50.2 Å². The zero-order valence-corrected chi connectivity index (χ0v) is 7.36. The molecule has 3 nitrogen and oxygen atoms in total. The van der Waals surface area contributed by atoms with E-state index in [-0.39, 0.29) is 5.78 Å². The number of carbonyl (C=O) groups is 1. The monoisotopic (exact) mass is 177 g/mol. The summed E-state index contributed by atoms with van der Waals surface area (Å²) in [4.78, 5) is 10.9. The minimum absolute atomic E-state index is 0.330. The summed E-state index contributed by atoms with van der Waals surface area (Å²) >= 11 is 0. The van der Waals surface area contributed by atoms with Gasteiger partial charge in [0.1, 0.15) is 5.75 Å². The average molecular weight is 177 g/mol. The SMILES string of the molecule is CC(Oc1ccccc1)C(=O)C=N. The lowest BCUT2D eigenvalue weighted by Gasteiger charge is -2.10. The van der Waals surface area contributed by atoms with Crippen LogP contribution in [-0.2, 0) is 4.79 Å². The van der Waals surface area contributed by atoms with Crippen LogP contribution in [0.3, 0.4) is 0 Å². The minimum Gasteiger partial charge on any atom is -0.483 e. The van der Waals surface area contributed by atoms with Crippen molar-refractivity contribution in [3.05, 3.63) is 30.3 Å². The number of carbonyl (C=O) groups excluding carboxylic acids is 1. The fourth-order valence-electron chi connectivity index (χ4n) is 0.879. The maximum absolute atomic E-state index is 10.9. The van der Waals surface area contributed by atoms with Crippen LogP contribution in [0.5, 0.6) is 5.75 Å². The van der Waals surface area contributed by atoms with Crippen LogP contribution in [0.2, 0.25) is 0 Å². The van der Waals surface area contributed by atoms with Crippen LogP contribution in [-0.4, -0.2) is 18.1 Å². The molecule has 0 amide bonds. The third kappa shape index (κ3) is 2.71. The molecule has 0 fully saturated rings. The second kappa shape index (κ2) is 4.40. The van der Waals surface area contributed by atoms with E-state index < -0.39 is 6.10 Å². The molecule has 0 saturated heterocycles. The van der Waals surface area contributed by atoms with E-state index in [1.165, 1.54) is 0 Å². The first kappa shape index (κ1) is 9.45. The lowest BCUT2D eigenvalue weighted by Crippen LogP contribution is -2.24. The van der Waals surface area contributed by atoms with Gasteiger partial charge in [0, 0.05) is 0 Å². The van der Waals surface area contributed by atoms with Crippen molar-refractivity contribution >= 4 is 12.0 Å². The Labute approximate surface area is 76.9 Å². The number of nitrogens with one attached hydrogen (secondary N) is 1. The third-order valence-corrected chi connectivity index (χ3v) is 1.60. The summed E-state index contributed by atoms with van der Waals surface area (Å²) in [7, 11) is 0. The van der Waals surface area contributed by atoms with Gasteiger partial charge in [0.15, 0.2) is 6.10 Å². The maximum atomic E-state index is 10.9. The van der Waals surface area contributed by atoms with Gasteiger partial charge in [-0.25, -0.2) is 0 Å². The van der Waals surface area contributed by atoms with Gasteiger partial charge in [0.25, 0.3) is 0 Å². The lowest BCUT2D eigenvalue weighted by atomic mass is 10.2. The van der Waals surface area contributed by atoms with E-state index in [1.54, 1.807) is 19.1 Å². The van der Waals surface area contributed by atoms with Crippen LogP contribution in [0.15, 0.2) is 30.3 Å². The second-order valence-corrected chi connectivity index (χ2v) is 2.62. The Kier molecular flexibility index (Phi) is 3.20. The molecule has 0 aliphatic carbocycles. The first-order chi connectivity index (χ1) is 6.24. The lowest BCUT2D eigenvalue weighted by molar-refractivity contribution is -0.118. The van der Waals surface area contributed by atoms with Crippen LogP contribution < -0.4 is 4.74 Å². The molecule has 0 radical (unpaired) electrons. The summed E-state index contributed by atoms with van der Waals surface area (Å²) < 4.78 is 5.27. The molecular formula is C10H11NO2. The third-order valence-electron chi connectivity index (χ3n) is 1.60. The Hall–Kier alpha value is -1.64. The molecule has 0 heterocycles. The highest BCUT2D eigenvalue weighted by molar-refractivity contribution is 6.28. The maximum Gasteiger partial charge on any atom is 0.213 e. The van der Waals surface area contributed by atoms with Crippen LogP contribution >= 0.6 is 0 Å². The van der Waals surface area contributed by atoms with Crippen molar-refractivity contribution in [1.82, 2.24) is 0 Å². The predicted octanol–water partition coefficient (Wildman–Crippen LogP) is 1.67. The van der Waals surface area contributed by atoms with Crippen LogP contribution in [0, 0.1) is 5.41 Å². The first-order valence-corrected chi connectivity index (χ1v) is 4.00. The molecule has 68 valence electrons. The smallest absolute Gasteiger partial charge is 0.213 e. The summed E-state index contributed by atoms with van der Waals surface area (Å²) in [5, 5.41) is 6.75. The number of ketones is 1. The Morgan fingerprint density at radius 2 is 2.08 bits per heavy atom. The molecule has 0 bridgehead atoms. The quantitative estimate of drug-likeness (QED) is 0.711. The Morgan fingerprint density at radius 1 is 1.46 bits per heavy atom. The van der Waals surface area contributed by atoms with Crippen LogP contribution in [0.4, 0.5) is 0 Å². The largest absolute Gasteiger partial charge is 0.483 e. The molecule has 1 atom stereocenters. The minimum atomic E-state index is -0.583. The number of para-hydroxylation sites is 1. The van der Waals surface area contributed by atoms with E-state index in [1.807, 2.05) is 18.2 Å². The summed E-state index contributed by atoms with van der Waals surface area (Å²) in [6, 6.07) is 9.07. The van der Waals surface area contributed by atoms with Crippen molar-refractivity contribution in [2.45, 2.75) is 13.0 Å². The molecule has 1 unspecified atom stereocenters. The molecule has 0 saturated carbocycles.